The molecule has 2 rings (SSSR count). The van der Waals surface area contributed by atoms with E-state index in [0.29, 0.717) is 5.75 Å². The van der Waals surface area contributed by atoms with Crippen LogP contribution in [0.5, 0.6) is 11.5 Å². The topological polar surface area (TPSA) is 29.5 Å². The number of benzene rings is 1. The van der Waals surface area contributed by atoms with Crippen LogP contribution in [-0.4, -0.2) is 11.2 Å². The molecule has 0 fully saturated rings. The van der Waals surface area contributed by atoms with Gasteiger partial charge in [-0.3, -0.25) is 0 Å². The minimum atomic E-state index is -0.463. The first-order valence-electron chi connectivity index (χ1n) is 4.77. The van der Waals surface area contributed by atoms with E-state index in [2.05, 4.69) is 0 Å². The Morgan fingerprint density at radius 2 is 2.29 bits per heavy atom. The molecular weight excluding hydrogens is 183 g/mol. The summed E-state index contributed by atoms with van der Waals surface area (Å²) >= 11 is 0. The van der Waals surface area contributed by atoms with Crippen LogP contribution in [-0.2, 0) is 6.42 Å². The van der Waals surface area contributed by atoms with Crippen LogP contribution in [0.1, 0.15) is 24.5 Å². The highest BCUT2D eigenvalue weighted by atomic mass is 19.1. The van der Waals surface area contributed by atoms with E-state index >= 15 is 0 Å². The van der Waals surface area contributed by atoms with Gasteiger partial charge in [-0.05, 0) is 32.3 Å². The highest BCUT2D eigenvalue weighted by molar-refractivity contribution is 5.49. The van der Waals surface area contributed by atoms with Crippen LogP contribution in [0.25, 0.3) is 0 Å². The Bertz CT molecular complexity index is 374. The smallest absolute Gasteiger partial charge is 0.169 e. The van der Waals surface area contributed by atoms with Crippen molar-refractivity contribution in [3.05, 3.63) is 23.0 Å². The monoisotopic (exact) mass is 196 g/mol. The Hall–Kier alpha value is -1.25. The fourth-order valence-corrected chi connectivity index (χ4v) is 1.80. The molecule has 0 saturated carbocycles. The summed E-state index contributed by atoms with van der Waals surface area (Å²) in [5.74, 6) is -0.131. The van der Waals surface area contributed by atoms with Gasteiger partial charge in [0.25, 0.3) is 0 Å². The van der Waals surface area contributed by atoms with Crippen LogP contribution >= 0.6 is 0 Å². The summed E-state index contributed by atoms with van der Waals surface area (Å²) in [6, 6.07) is 1.12. The van der Waals surface area contributed by atoms with Gasteiger partial charge in [0, 0.05) is 11.6 Å². The number of ether oxygens (including phenoxy) is 1. The highest BCUT2D eigenvalue weighted by Gasteiger charge is 2.23. The molecule has 0 spiro atoms. The van der Waals surface area contributed by atoms with Crippen LogP contribution in [0.4, 0.5) is 4.39 Å². The van der Waals surface area contributed by atoms with Gasteiger partial charge in [-0.15, -0.1) is 0 Å². The third-order valence-corrected chi connectivity index (χ3v) is 2.71. The van der Waals surface area contributed by atoms with Crippen molar-refractivity contribution < 1.29 is 14.2 Å². The molecule has 1 heterocycles. The molecule has 1 unspecified atom stereocenters. The maximum Gasteiger partial charge on any atom is 0.169 e. The molecule has 76 valence electrons. The molecule has 0 amide bonds. The zero-order valence-electron chi connectivity index (χ0n) is 8.30. The lowest BCUT2D eigenvalue weighted by Gasteiger charge is -2.25. The van der Waals surface area contributed by atoms with Gasteiger partial charge in [-0.25, -0.2) is 4.39 Å². The van der Waals surface area contributed by atoms with E-state index in [9.17, 15) is 9.50 Å². The first kappa shape index (κ1) is 9.31. The summed E-state index contributed by atoms with van der Waals surface area (Å²) in [6.07, 6.45) is 1.70. The van der Waals surface area contributed by atoms with Crippen molar-refractivity contribution in [1.29, 1.82) is 0 Å². The normalized spacial score (nSPS) is 20.1. The number of phenols is 1. The van der Waals surface area contributed by atoms with Crippen LogP contribution in [0.2, 0.25) is 0 Å². The van der Waals surface area contributed by atoms with E-state index in [1.807, 2.05) is 6.92 Å². The van der Waals surface area contributed by atoms with E-state index in [-0.39, 0.29) is 11.9 Å². The van der Waals surface area contributed by atoms with Crippen molar-refractivity contribution in [1.82, 2.24) is 0 Å². The molecule has 14 heavy (non-hydrogen) atoms. The molecule has 1 aromatic rings. The summed E-state index contributed by atoms with van der Waals surface area (Å²) < 4.78 is 18.8. The van der Waals surface area contributed by atoms with Crippen molar-refractivity contribution in [3.8, 4) is 11.5 Å². The fourth-order valence-electron chi connectivity index (χ4n) is 1.80. The van der Waals surface area contributed by atoms with Gasteiger partial charge >= 0.3 is 0 Å². The molecular formula is C11H13FO2. The highest BCUT2D eigenvalue weighted by Crippen LogP contribution is 2.36. The van der Waals surface area contributed by atoms with Crippen molar-refractivity contribution in [2.75, 3.05) is 0 Å². The molecule has 3 heteroatoms. The van der Waals surface area contributed by atoms with E-state index in [1.165, 1.54) is 0 Å². The molecule has 1 aromatic carbocycles. The molecule has 1 atom stereocenters. The molecule has 2 nitrogen and oxygen atoms in total. The van der Waals surface area contributed by atoms with Crippen LogP contribution in [0.3, 0.4) is 0 Å². The third-order valence-electron chi connectivity index (χ3n) is 2.71. The molecule has 1 aliphatic rings. The minimum absolute atomic E-state index is 0.0133. The van der Waals surface area contributed by atoms with Gasteiger partial charge < -0.3 is 9.84 Å². The lowest BCUT2D eigenvalue weighted by Crippen LogP contribution is -2.20. The number of rotatable bonds is 0. The maximum atomic E-state index is 13.4. The van der Waals surface area contributed by atoms with Crippen molar-refractivity contribution >= 4 is 0 Å². The summed E-state index contributed by atoms with van der Waals surface area (Å²) in [7, 11) is 0. The van der Waals surface area contributed by atoms with Gasteiger partial charge in [-0.1, -0.05) is 0 Å². The zero-order chi connectivity index (χ0) is 10.3. The second-order valence-corrected chi connectivity index (χ2v) is 3.78. The molecule has 0 aromatic heterocycles. The Morgan fingerprint density at radius 1 is 1.57 bits per heavy atom. The molecule has 1 aliphatic heterocycles. The Kier molecular flexibility index (Phi) is 2.10. The Morgan fingerprint density at radius 3 is 3.00 bits per heavy atom. The fraction of sp³-hybridized carbons (Fsp3) is 0.455. The summed E-state index contributed by atoms with van der Waals surface area (Å²) in [4.78, 5) is 0. The quantitative estimate of drug-likeness (QED) is 0.691. The van der Waals surface area contributed by atoms with Gasteiger partial charge in [0.1, 0.15) is 5.75 Å². The second-order valence-electron chi connectivity index (χ2n) is 3.78. The zero-order valence-corrected chi connectivity index (χ0v) is 8.30. The molecule has 0 saturated heterocycles. The number of phenolic OH excluding ortho intramolecular Hbond substituents is 1. The van der Waals surface area contributed by atoms with Crippen LogP contribution in [0, 0.1) is 12.7 Å². The van der Waals surface area contributed by atoms with Crippen molar-refractivity contribution in [3.63, 3.8) is 0 Å². The number of hydrogen-bond acceptors (Lipinski definition) is 2. The number of aromatic hydroxyl groups is 1. The standard InChI is InChI=1S/C11H13FO2/c1-6-3-4-8-7(2)10(13)5-9(12)11(8)14-6/h5-6,13H,3-4H2,1-2H3. The van der Waals surface area contributed by atoms with Gasteiger partial charge in [0.05, 0.1) is 6.10 Å². The van der Waals surface area contributed by atoms with E-state index < -0.39 is 5.82 Å². The number of fused-ring (bicyclic) bond motifs is 1. The predicted molar refractivity (Wildman–Crippen MR) is 51.2 cm³/mol. The Labute approximate surface area is 82.3 Å². The van der Waals surface area contributed by atoms with E-state index in [0.717, 1.165) is 30.0 Å². The van der Waals surface area contributed by atoms with Crippen molar-refractivity contribution in [2.45, 2.75) is 32.8 Å². The van der Waals surface area contributed by atoms with Gasteiger partial charge in [0.15, 0.2) is 11.6 Å². The summed E-state index contributed by atoms with van der Waals surface area (Å²) in [5.41, 5.74) is 1.54. The third kappa shape index (κ3) is 1.33. The lowest BCUT2D eigenvalue weighted by molar-refractivity contribution is 0.182. The SMILES string of the molecule is Cc1c(O)cc(F)c2c1CCC(C)O2. The maximum absolute atomic E-state index is 13.4. The molecule has 0 aliphatic carbocycles. The minimum Gasteiger partial charge on any atom is -0.508 e. The van der Waals surface area contributed by atoms with Crippen molar-refractivity contribution in [2.24, 2.45) is 0 Å². The first-order chi connectivity index (χ1) is 6.59. The average molecular weight is 196 g/mol. The van der Waals surface area contributed by atoms with Crippen LogP contribution < -0.4 is 4.74 Å². The largest absolute Gasteiger partial charge is 0.508 e. The summed E-state index contributed by atoms with van der Waals surface area (Å²) in [6.45, 7) is 3.71. The van der Waals surface area contributed by atoms with Gasteiger partial charge in [-0.2, -0.15) is 0 Å². The average Bonchev–Trinajstić information content (AvgIpc) is 2.14. The molecule has 1 N–H and O–H groups in total. The second kappa shape index (κ2) is 3.15. The summed E-state index contributed by atoms with van der Waals surface area (Å²) in [5, 5.41) is 9.43. The molecule has 0 bridgehead atoms. The first-order valence-corrected chi connectivity index (χ1v) is 4.77. The predicted octanol–water partition coefficient (Wildman–Crippen LogP) is 2.55. The lowest BCUT2D eigenvalue weighted by atomic mass is 9.97. The number of halogens is 1. The molecule has 0 radical (unpaired) electrons. The van der Waals surface area contributed by atoms with Crippen LogP contribution in [0.15, 0.2) is 6.07 Å². The van der Waals surface area contributed by atoms with Gasteiger partial charge in [0.2, 0.25) is 0 Å². The van der Waals surface area contributed by atoms with E-state index in [1.54, 1.807) is 6.92 Å². The number of hydrogen-bond donors (Lipinski definition) is 1. The Balaban J connectivity index is 2.57. The van der Waals surface area contributed by atoms with E-state index in [4.69, 9.17) is 4.74 Å².